The zero-order valence-electron chi connectivity index (χ0n) is 18.1. The lowest BCUT2D eigenvalue weighted by atomic mass is 9.87. The first-order valence-electron chi connectivity index (χ1n) is 10.3. The van der Waals surface area contributed by atoms with Gasteiger partial charge in [-0.2, -0.15) is 5.10 Å². The van der Waals surface area contributed by atoms with Gasteiger partial charge in [0.15, 0.2) is 0 Å². The summed E-state index contributed by atoms with van der Waals surface area (Å²) in [5, 5.41) is 4.20. The lowest BCUT2D eigenvalue weighted by Crippen LogP contribution is -2.45. The van der Waals surface area contributed by atoms with Gasteiger partial charge in [-0.1, -0.05) is 43.3 Å². The molecule has 0 bridgehead atoms. The number of hydrogen-bond donors (Lipinski definition) is 1. The highest BCUT2D eigenvalue weighted by atomic mass is 16.2. The first kappa shape index (κ1) is 20.8. The maximum absolute atomic E-state index is 12.1. The number of anilines is 1. The van der Waals surface area contributed by atoms with E-state index >= 15 is 0 Å². The highest BCUT2D eigenvalue weighted by Gasteiger charge is 2.31. The highest BCUT2D eigenvalue weighted by Crippen LogP contribution is 2.40. The van der Waals surface area contributed by atoms with Crippen LogP contribution in [0.2, 0.25) is 0 Å². The van der Waals surface area contributed by atoms with E-state index in [4.69, 9.17) is 0 Å². The molecule has 0 spiro atoms. The van der Waals surface area contributed by atoms with Crippen molar-refractivity contribution in [1.82, 2.24) is 5.43 Å². The van der Waals surface area contributed by atoms with Gasteiger partial charge in [-0.25, -0.2) is 5.43 Å². The monoisotopic (exact) mass is 389 g/mol. The Labute approximate surface area is 174 Å². The van der Waals surface area contributed by atoms with Gasteiger partial charge in [0.25, 0.3) is 0 Å². The molecule has 0 aromatic heterocycles. The van der Waals surface area contributed by atoms with E-state index < -0.39 is 0 Å². The number of benzene rings is 2. The first-order chi connectivity index (χ1) is 13.8. The van der Waals surface area contributed by atoms with Crippen LogP contribution in [0.25, 0.3) is 5.57 Å². The van der Waals surface area contributed by atoms with Crippen LogP contribution in [0.15, 0.2) is 53.6 Å². The van der Waals surface area contributed by atoms with Crippen molar-refractivity contribution >= 4 is 23.4 Å². The van der Waals surface area contributed by atoms with Crippen molar-refractivity contribution in [3.63, 3.8) is 0 Å². The quantitative estimate of drug-likeness (QED) is 0.552. The second-order valence-corrected chi connectivity index (χ2v) is 8.31. The van der Waals surface area contributed by atoms with Gasteiger partial charge in [0.1, 0.15) is 0 Å². The van der Waals surface area contributed by atoms with Gasteiger partial charge in [0, 0.05) is 17.8 Å². The van der Waals surface area contributed by atoms with Crippen LogP contribution in [0.5, 0.6) is 0 Å². The fraction of sp³-hybridized carbons (Fsp3) is 0.360. The molecule has 152 valence electrons. The van der Waals surface area contributed by atoms with Crippen LogP contribution in [-0.2, 0) is 11.2 Å². The Morgan fingerprint density at radius 3 is 2.59 bits per heavy atom. The summed E-state index contributed by atoms with van der Waals surface area (Å²) in [5.74, 6) is -0.116. The van der Waals surface area contributed by atoms with E-state index in [-0.39, 0.29) is 11.4 Å². The van der Waals surface area contributed by atoms with Gasteiger partial charge in [-0.3, -0.25) is 4.79 Å². The molecule has 29 heavy (non-hydrogen) atoms. The van der Waals surface area contributed by atoms with E-state index in [1.165, 1.54) is 16.8 Å². The smallest absolute Gasteiger partial charge is 0.244 e. The number of hydrogen-bond acceptors (Lipinski definition) is 3. The molecule has 4 nitrogen and oxygen atoms in total. The molecule has 1 heterocycles. The highest BCUT2D eigenvalue weighted by molar-refractivity contribution is 5.90. The van der Waals surface area contributed by atoms with E-state index in [1.807, 2.05) is 30.3 Å². The van der Waals surface area contributed by atoms with Gasteiger partial charge in [0.2, 0.25) is 5.91 Å². The number of carbonyl (C=O) groups excluding carboxylic acids is 1. The molecule has 0 aliphatic carbocycles. The Morgan fingerprint density at radius 2 is 1.90 bits per heavy atom. The minimum absolute atomic E-state index is 0.000548. The van der Waals surface area contributed by atoms with Crippen LogP contribution in [0.4, 0.5) is 5.69 Å². The fourth-order valence-corrected chi connectivity index (χ4v) is 4.01. The van der Waals surface area contributed by atoms with Gasteiger partial charge < -0.3 is 4.90 Å². The molecule has 0 saturated heterocycles. The number of fused-ring (bicyclic) bond motifs is 1. The Kier molecular flexibility index (Phi) is 6.21. The lowest BCUT2D eigenvalue weighted by molar-refractivity contribution is -0.120. The number of nitrogens with zero attached hydrogens (tertiary/aromatic N) is 2. The molecule has 1 aliphatic rings. The van der Waals surface area contributed by atoms with E-state index in [1.54, 1.807) is 6.21 Å². The van der Waals surface area contributed by atoms with Crippen LogP contribution in [0, 0.1) is 6.92 Å². The molecule has 2 aromatic carbocycles. The summed E-state index contributed by atoms with van der Waals surface area (Å²) in [6.07, 6.45) is 5.51. The molecule has 1 amide bonds. The van der Waals surface area contributed by atoms with E-state index in [0.29, 0.717) is 6.42 Å². The third-order valence-electron chi connectivity index (χ3n) is 5.41. The van der Waals surface area contributed by atoms with Crippen LogP contribution in [0.1, 0.15) is 56.4 Å². The Hall–Kier alpha value is -2.88. The molecule has 0 radical (unpaired) electrons. The largest absolute Gasteiger partial charge is 0.362 e. The zero-order chi connectivity index (χ0) is 21.0. The van der Waals surface area contributed by atoms with Crippen molar-refractivity contribution in [2.24, 2.45) is 5.10 Å². The van der Waals surface area contributed by atoms with Gasteiger partial charge in [-0.05, 0) is 68.5 Å². The van der Waals surface area contributed by atoms with Crippen LogP contribution in [-0.4, -0.2) is 24.2 Å². The van der Waals surface area contributed by atoms with Crippen LogP contribution < -0.4 is 10.3 Å². The predicted octanol–water partition coefficient (Wildman–Crippen LogP) is 5.10. The molecule has 3 rings (SSSR count). The van der Waals surface area contributed by atoms with Crippen LogP contribution in [0.3, 0.4) is 0 Å². The second-order valence-electron chi connectivity index (χ2n) is 8.31. The molecule has 0 atom stereocenters. The summed E-state index contributed by atoms with van der Waals surface area (Å²) in [4.78, 5) is 14.6. The normalized spacial score (nSPS) is 15.2. The average Bonchev–Trinajstić information content (AvgIpc) is 2.66. The Morgan fingerprint density at radius 1 is 1.17 bits per heavy atom. The minimum Gasteiger partial charge on any atom is -0.362 e. The first-order valence-corrected chi connectivity index (χ1v) is 10.3. The molecule has 1 N–H and O–H groups in total. The lowest BCUT2D eigenvalue weighted by Gasteiger charge is -2.43. The maximum Gasteiger partial charge on any atom is 0.244 e. The van der Waals surface area contributed by atoms with Gasteiger partial charge in [0.05, 0.1) is 18.2 Å². The summed E-state index contributed by atoms with van der Waals surface area (Å²) in [7, 11) is 0. The SMILES string of the molecule is CCCN1c2cc(C)c(/C=N\NC(=O)Cc3ccccc3)cc2C(C)=CC1(C)C. The molecule has 0 unspecified atom stereocenters. The summed E-state index contributed by atoms with van der Waals surface area (Å²) in [6, 6.07) is 14.1. The molecule has 4 heteroatoms. The Bertz CT molecular complexity index is 942. The van der Waals surface area contributed by atoms with Crippen molar-refractivity contribution in [3.05, 3.63) is 70.8 Å². The summed E-state index contributed by atoms with van der Waals surface area (Å²) in [6.45, 7) is 12.0. The number of hydrazone groups is 1. The topological polar surface area (TPSA) is 44.7 Å². The number of allylic oxidation sites excluding steroid dienone is 1. The number of amides is 1. The minimum atomic E-state index is -0.116. The second kappa shape index (κ2) is 8.64. The van der Waals surface area contributed by atoms with Crippen molar-refractivity contribution in [2.75, 3.05) is 11.4 Å². The molecule has 1 aliphatic heterocycles. The van der Waals surface area contributed by atoms with E-state index in [9.17, 15) is 4.79 Å². The summed E-state index contributed by atoms with van der Waals surface area (Å²) >= 11 is 0. The molecule has 0 fully saturated rings. The van der Waals surface area contributed by atoms with Crippen LogP contribution >= 0.6 is 0 Å². The number of nitrogens with one attached hydrogen (secondary N) is 1. The third kappa shape index (κ3) is 4.76. The van der Waals surface area contributed by atoms with Crippen molar-refractivity contribution < 1.29 is 4.79 Å². The van der Waals surface area contributed by atoms with E-state index in [0.717, 1.165) is 29.7 Å². The van der Waals surface area contributed by atoms with Gasteiger partial charge in [-0.15, -0.1) is 0 Å². The average molecular weight is 390 g/mol. The number of rotatable bonds is 6. The Balaban J connectivity index is 1.79. The summed E-state index contributed by atoms with van der Waals surface area (Å²) < 4.78 is 0. The molecular formula is C25H31N3O. The number of aryl methyl sites for hydroxylation is 1. The van der Waals surface area contributed by atoms with Crippen molar-refractivity contribution in [1.29, 1.82) is 0 Å². The fourth-order valence-electron chi connectivity index (χ4n) is 4.01. The standard InChI is InChI=1S/C25H31N3O/c1-6-12-28-23-13-18(2)21(15-22(23)19(3)16-25(28,4)5)17-26-27-24(29)14-20-10-8-7-9-11-20/h7-11,13,15-17H,6,12,14H2,1-5H3,(H,27,29)/b26-17-. The number of carbonyl (C=O) groups is 1. The zero-order valence-corrected chi connectivity index (χ0v) is 18.1. The maximum atomic E-state index is 12.1. The summed E-state index contributed by atoms with van der Waals surface area (Å²) in [5.41, 5.74) is 9.59. The van der Waals surface area contributed by atoms with Crippen molar-refractivity contribution in [3.8, 4) is 0 Å². The third-order valence-corrected chi connectivity index (χ3v) is 5.41. The molecular weight excluding hydrogens is 358 g/mol. The van der Waals surface area contributed by atoms with E-state index in [2.05, 4.69) is 68.3 Å². The van der Waals surface area contributed by atoms with Crippen molar-refractivity contribution in [2.45, 2.75) is 53.0 Å². The van der Waals surface area contributed by atoms with Gasteiger partial charge >= 0.3 is 0 Å². The predicted molar refractivity (Wildman–Crippen MR) is 122 cm³/mol. The molecule has 0 saturated carbocycles. The molecule has 2 aromatic rings.